The van der Waals surface area contributed by atoms with Crippen molar-refractivity contribution in [3.05, 3.63) is 52.3 Å². The second-order valence-corrected chi connectivity index (χ2v) is 8.50. The second kappa shape index (κ2) is 9.56. The van der Waals surface area contributed by atoms with E-state index >= 15 is 0 Å². The van der Waals surface area contributed by atoms with Crippen LogP contribution in [0.15, 0.2) is 35.7 Å². The van der Waals surface area contributed by atoms with E-state index < -0.39 is 0 Å². The molecule has 4 rings (SSSR count). The fraction of sp³-hybridized carbons (Fsp3) is 0.391. The quantitative estimate of drug-likeness (QED) is 0.375. The summed E-state index contributed by atoms with van der Waals surface area (Å²) in [6.07, 6.45) is 6.48. The molecule has 0 spiro atoms. The molecule has 2 heterocycles. The first-order valence-corrected chi connectivity index (χ1v) is 11.2. The molecule has 0 saturated heterocycles. The number of fused-ring (bicyclic) bond motifs is 1. The SMILES string of the molecule is CCn1ncc2c(NC3CCC(=NO)CC3)c(C(=O)NCc3ccc(C)c(Cl)c3)cnc21. The molecular formula is C23H27ClN6O2. The first-order chi connectivity index (χ1) is 15.5. The van der Waals surface area contributed by atoms with Crippen LogP contribution < -0.4 is 10.6 Å². The van der Waals surface area contributed by atoms with Crippen LogP contribution in [0.5, 0.6) is 0 Å². The summed E-state index contributed by atoms with van der Waals surface area (Å²) in [6.45, 7) is 5.01. The summed E-state index contributed by atoms with van der Waals surface area (Å²) in [5.41, 5.74) is 4.70. The zero-order valence-electron chi connectivity index (χ0n) is 18.2. The third-order valence-electron chi connectivity index (χ3n) is 5.95. The summed E-state index contributed by atoms with van der Waals surface area (Å²) in [5, 5.41) is 24.8. The molecule has 8 nitrogen and oxygen atoms in total. The Bertz CT molecular complexity index is 1160. The smallest absolute Gasteiger partial charge is 0.255 e. The molecule has 0 atom stereocenters. The summed E-state index contributed by atoms with van der Waals surface area (Å²) in [7, 11) is 0. The van der Waals surface area contributed by atoms with Gasteiger partial charge in [0.15, 0.2) is 5.65 Å². The maximum atomic E-state index is 13.1. The molecule has 3 N–H and O–H groups in total. The number of hydrogen-bond donors (Lipinski definition) is 3. The number of aryl methyl sites for hydroxylation is 2. The minimum absolute atomic E-state index is 0.165. The molecule has 1 amide bonds. The maximum Gasteiger partial charge on any atom is 0.255 e. The number of anilines is 1. The lowest BCUT2D eigenvalue weighted by atomic mass is 9.93. The molecule has 3 aromatic rings. The molecule has 1 fully saturated rings. The van der Waals surface area contributed by atoms with Crippen molar-refractivity contribution in [2.75, 3.05) is 5.32 Å². The van der Waals surface area contributed by atoms with Crippen molar-refractivity contribution in [2.45, 2.75) is 58.7 Å². The van der Waals surface area contributed by atoms with Crippen LogP contribution >= 0.6 is 11.6 Å². The Morgan fingerprint density at radius 2 is 2.09 bits per heavy atom. The average molecular weight is 455 g/mol. The number of nitrogens with one attached hydrogen (secondary N) is 2. The number of halogens is 1. The van der Waals surface area contributed by atoms with Gasteiger partial charge in [0.25, 0.3) is 5.91 Å². The normalized spacial score (nSPS) is 16.2. The van der Waals surface area contributed by atoms with E-state index in [9.17, 15) is 4.79 Å². The molecule has 0 aliphatic heterocycles. The number of oxime groups is 1. The lowest BCUT2D eigenvalue weighted by Gasteiger charge is -2.25. The largest absolute Gasteiger partial charge is 0.411 e. The molecule has 168 valence electrons. The first-order valence-electron chi connectivity index (χ1n) is 10.8. The summed E-state index contributed by atoms with van der Waals surface area (Å²) in [5.74, 6) is -0.212. The predicted molar refractivity (Wildman–Crippen MR) is 126 cm³/mol. The topological polar surface area (TPSA) is 104 Å². The lowest BCUT2D eigenvalue weighted by molar-refractivity contribution is 0.0951. The van der Waals surface area contributed by atoms with Gasteiger partial charge in [-0.05, 0) is 56.7 Å². The third-order valence-corrected chi connectivity index (χ3v) is 6.36. The molecule has 2 aromatic heterocycles. The van der Waals surface area contributed by atoms with Gasteiger partial charge >= 0.3 is 0 Å². The van der Waals surface area contributed by atoms with E-state index in [1.54, 1.807) is 12.4 Å². The lowest BCUT2D eigenvalue weighted by Crippen LogP contribution is -2.29. The number of rotatable bonds is 6. The Morgan fingerprint density at radius 1 is 1.31 bits per heavy atom. The Labute approximate surface area is 191 Å². The summed E-state index contributed by atoms with van der Waals surface area (Å²) < 4.78 is 1.81. The average Bonchev–Trinajstić information content (AvgIpc) is 3.24. The van der Waals surface area contributed by atoms with Gasteiger partial charge < -0.3 is 15.8 Å². The second-order valence-electron chi connectivity index (χ2n) is 8.10. The highest BCUT2D eigenvalue weighted by Gasteiger charge is 2.23. The van der Waals surface area contributed by atoms with Gasteiger partial charge in [-0.3, -0.25) is 4.79 Å². The molecule has 0 bridgehead atoms. The highest BCUT2D eigenvalue weighted by Crippen LogP contribution is 2.29. The molecule has 0 radical (unpaired) electrons. The van der Waals surface area contributed by atoms with E-state index in [2.05, 4.69) is 25.9 Å². The van der Waals surface area contributed by atoms with Crippen LogP contribution in [-0.4, -0.2) is 37.6 Å². The highest BCUT2D eigenvalue weighted by atomic mass is 35.5. The first kappa shape index (κ1) is 22.1. The number of amides is 1. The molecule has 1 saturated carbocycles. The Kier molecular flexibility index (Phi) is 6.60. The molecule has 9 heteroatoms. The van der Waals surface area contributed by atoms with Crippen molar-refractivity contribution < 1.29 is 10.0 Å². The van der Waals surface area contributed by atoms with Gasteiger partial charge in [0, 0.05) is 30.4 Å². The number of benzene rings is 1. The van der Waals surface area contributed by atoms with Crippen molar-refractivity contribution in [1.29, 1.82) is 0 Å². The van der Waals surface area contributed by atoms with Crippen LogP contribution in [0.1, 0.15) is 54.1 Å². The fourth-order valence-corrected chi connectivity index (χ4v) is 4.21. The van der Waals surface area contributed by atoms with Gasteiger partial charge in [-0.15, -0.1) is 0 Å². The van der Waals surface area contributed by atoms with Crippen LogP contribution in [0.4, 0.5) is 5.69 Å². The molecule has 1 aliphatic carbocycles. The Balaban J connectivity index is 1.60. The van der Waals surface area contributed by atoms with E-state index in [4.69, 9.17) is 16.8 Å². The van der Waals surface area contributed by atoms with E-state index in [0.717, 1.165) is 59.2 Å². The van der Waals surface area contributed by atoms with E-state index in [1.165, 1.54) is 0 Å². The molecule has 0 unspecified atom stereocenters. The zero-order valence-corrected chi connectivity index (χ0v) is 19.0. The van der Waals surface area contributed by atoms with Crippen LogP contribution in [0.3, 0.4) is 0 Å². The predicted octanol–water partition coefficient (Wildman–Crippen LogP) is 4.53. The van der Waals surface area contributed by atoms with Crippen LogP contribution in [0.25, 0.3) is 11.0 Å². The monoisotopic (exact) mass is 454 g/mol. The van der Waals surface area contributed by atoms with Crippen LogP contribution in [0, 0.1) is 6.92 Å². The Morgan fingerprint density at radius 3 is 2.78 bits per heavy atom. The van der Waals surface area contributed by atoms with Gasteiger partial charge in [-0.25, -0.2) is 9.67 Å². The number of nitrogens with zero attached hydrogens (tertiary/aromatic N) is 4. The minimum atomic E-state index is -0.212. The molecule has 32 heavy (non-hydrogen) atoms. The van der Waals surface area contributed by atoms with Crippen LogP contribution in [-0.2, 0) is 13.1 Å². The van der Waals surface area contributed by atoms with Gasteiger partial charge in [0.05, 0.1) is 28.5 Å². The molecular weight excluding hydrogens is 428 g/mol. The van der Waals surface area contributed by atoms with Gasteiger partial charge in [0.1, 0.15) is 0 Å². The van der Waals surface area contributed by atoms with Crippen molar-refractivity contribution >= 4 is 39.9 Å². The summed E-state index contributed by atoms with van der Waals surface area (Å²) >= 11 is 6.22. The van der Waals surface area contributed by atoms with Crippen molar-refractivity contribution in [2.24, 2.45) is 5.16 Å². The van der Waals surface area contributed by atoms with E-state index in [1.807, 2.05) is 36.7 Å². The number of carbonyl (C=O) groups excluding carboxylic acids is 1. The van der Waals surface area contributed by atoms with Crippen molar-refractivity contribution in [3.63, 3.8) is 0 Å². The van der Waals surface area contributed by atoms with Gasteiger partial charge in [-0.1, -0.05) is 28.9 Å². The highest BCUT2D eigenvalue weighted by molar-refractivity contribution is 6.31. The minimum Gasteiger partial charge on any atom is -0.411 e. The van der Waals surface area contributed by atoms with E-state index in [0.29, 0.717) is 23.7 Å². The van der Waals surface area contributed by atoms with Gasteiger partial charge in [-0.2, -0.15) is 5.10 Å². The number of aromatic nitrogens is 3. The standard InChI is InChI=1S/C23H27ClN6O2/c1-3-30-22-18(13-27-30)21(28-16-6-8-17(29-32)9-7-16)19(12-25-22)23(31)26-11-15-5-4-14(2)20(24)10-15/h4-5,10,12-13,16,32H,3,6-9,11H2,1-2H3,(H,25,28)(H,26,31). The molecule has 1 aromatic carbocycles. The molecule has 1 aliphatic rings. The van der Waals surface area contributed by atoms with Crippen LogP contribution in [0.2, 0.25) is 5.02 Å². The number of pyridine rings is 1. The zero-order chi connectivity index (χ0) is 22.7. The van der Waals surface area contributed by atoms with E-state index in [-0.39, 0.29) is 11.9 Å². The Hall–Kier alpha value is -3.13. The van der Waals surface area contributed by atoms with Crippen molar-refractivity contribution in [3.8, 4) is 0 Å². The fourth-order valence-electron chi connectivity index (χ4n) is 4.01. The van der Waals surface area contributed by atoms with Crippen molar-refractivity contribution in [1.82, 2.24) is 20.1 Å². The summed E-state index contributed by atoms with van der Waals surface area (Å²) in [6, 6.07) is 5.93. The summed E-state index contributed by atoms with van der Waals surface area (Å²) in [4.78, 5) is 17.7. The van der Waals surface area contributed by atoms with Gasteiger partial charge in [0.2, 0.25) is 0 Å². The maximum absolute atomic E-state index is 13.1. The number of carbonyl (C=O) groups is 1. The number of hydrogen-bond acceptors (Lipinski definition) is 6. The third kappa shape index (κ3) is 4.55.